The lowest BCUT2D eigenvalue weighted by atomic mass is 10.2. The molecular formula is C12H17N3S2. The second kappa shape index (κ2) is 5.23. The summed E-state index contributed by atoms with van der Waals surface area (Å²) in [5.74, 6) is 3.87. The van der Waals surface area contributed by atoms with Crippen molar-refractivity contribution in [2.24, 2.45) is 0 Å². The van der Waals surface area contributed by atoms with Crippen molar-refractivity contribution in [2.75, 3.05) is 18.1 Å². The Morgan fingerprint density at radius 3 is 2.71 bits per heavy atom. The van der Waals surface area contributed by atoms with Crippen molar-refractivity contribution in [3.05, 3.63) is 16.3 Å². The first kappa shape index (κ1) is 12.6. The van der Waals surface area contributed by atoms with Gasteiger partial charge in [0.15, 0.2) is 0 Å². The van der Waals surface area contributed by atoms with Gasteiger partial charge in [0.05, 0.1) is 11.1 Å². The van der Waals surface area contributed by atoms with Crippen LogP contribution in [0.4, 0.5) is 5.82 Å². The number of hydrogen-bond acceptors (Lipinski definition) is 5. The molecule has 0 unspecified atom stereocenters. The molecule has 0 saturated heterocycles. The Bertz CT molecular complexity index is 534. The molecule has 0 spiro atoms. The molecule has 17 heavy (non-hydrogen) atoms. The quantitative estimate of drug-likeness (QED) is 0.918. The number of nitrogens with zero attached hydrogens (tertiary/aromatic N) is 2. The van der Waals surface area contributed by atoms with Crippen LogP contribution in [0.15, 0.2) is 0 Å². The van der Waals surface area contributed by atoms with E-state index in [1.165, 1.54) is 15.8 Å². The first-order chi connectivity index (χ1) is 8.17. The standard InChI is InChI=1S/C12H17N3S2/c1-5-16-6-9-14-11(13-4)10-7(2)8(3)17-12(10)15-9/h5-6H2,1-4H3,(H,13,14,15). The van der Waals surface area contributed by atoms with Crippen LogP contribution in [0.5, 0.6) is 0 Å². The summed E-state index contributed by atoms with van der Waals surface area (Å²) in [7, 11) is 1.92. The van der Waals surface area contributed by atoms with Crippen LogP contribution in [0.3, 0.4) is 0 Å². The molecule has 0 aliphatic rings. The third kappa shape index (κ3) is 2.40. The van der Waals surface area contributed by atoms with Crippen LogP contribution in [-0.4, -0.2) is 22.8 Å². The van der Waals surface area contributed by atoms with E-state index < -0.39 is 0 Å². The maximum Gasteiger partial charge on any atom is 0.142 e. The number of anilines is 1. The summed E-state index contributed by atoms with van der Waals surface area (Å²) in [5, 5.41) is 4.37. The molecule has 0 amide bonds. The summed E-state index contributed by atoms with van der Waals surface area (Å²) in [6.45, 7) is 6.43. The van der Waals surface area contributed by atoms with Gasteiger partial charge in [0.2, 0.25) is 0 Å². The van der Waals surface area contributed by atoms with Crippen molar-refractivity contribution in [3.8, 4) is 0 Å². The lowest BCUT2D eigenvalue weighted by molar-refractivity contribution is 1.07. The monoisotopic (exact) mass is 267 g/mol. The van der Waals surface area contributed by atoms with Gasteiger partial charge in [-0.05, 0) is 25.2 Å². The van der Waals surface area contributed by atoms with Gasteiger partial charge in [-0.2, -0.15) is 11.8 Å². The predicted molar refractivity (Wildman–Crippen MR) is 78.3 cm³/mol. The molecule has 0 aliphatic heterocycles. The summed E-state index contributed by atoms with van der Waals surface area (Å²) in [6.07, 6.45) is 0. The first-order valence-electron chi connectivity index (χ1n) is 5.69. The fourth-order valence-corrected chi connectivity index (χ4v) is 3.30. The van der Waals surface area contributed by atoms with Crippen LogP contribution in [-0.2, 0) is 5.75 Å². The van der Waals surface area contributed by atoms with Gasteiger partial charge >= 0.3 is 0 Å². The van der Waals surface area contributed by atoms with E-state index >= 15 is 0 Å². The Kier molecular flexibility index (Phi) is 3.89. The summed E-state index contributed by atoms with van der Waals surface area (Å²) in [5.41, 5.74) is 1.30. The molecule has 0 radical (unpaired) electrons. The highest BCUT2D eigenvalue weighted by molar-refractivity contribution is 7.98. The largest absolute Gasteiger partial charge is 0.372 e. The van der Waals surface area contributed by atoms with Crippen LogP contribution in [0.1, 0.15) is 23.2 Å². The Morgan fingerprint density at radius 2 is 2.06 bits per heavy atom. The fourth-order valence-electron chi connectivity index (χ4n) is 1.73. The number of thiophene rings is 1. The van der Waals surface area contributed by atoms with Gasteiger partial charge in [-0.3, -0.25) is 0 Å². The maximum atomic E-state index is 4.65. The minimum absolute atomic E-state index is 0.886. The average molecular weight is 267 g/mol. The van der Waals surface area contributed by atoms with E-state index in [1.807, 2.05) is 18.8 Å². The number of nitrogens with one attached hydrogen (secondary N) is 1. The number of aromatic nitrogens is 2. The number of hydrogen-bond donors (Lipinski definition) is 1. The topological polar surface area (TPSA) is 37.8 Å². The Labute approximate surface area is 110 Å². The molecule has 92 valence electrons. The van der Waals surface area contributed by atoms with Gasteiger partial charge < -0.3 is 5.32 Å². The van der Waals surface area contributed by atoms with Crippen LogP contribution in [0.2, 0.25) is 0 Å². The number of aryl methyl sites for hydroxylation is 2. The van der Waals surface area contributed by atoms with Crippen molar-refractivity contribution in [1.82, 2.24) is 9.97 Å². The lowest BCUT2D eigenvalue weighted by Gasteiger charge is -2.05. The minimum atomic E-state index is 0.886. The highest BCUT2D eigenvalue weighted by Crippen LogP contribution is 2.33. The molecule has 0 fully saturated rings. The molecule has 2 heterocycles. The van der Waals surface area contributed by atoms with Crippen LogP contribution >= 0.6 is 23.1 Å². The number of thioether (sulfide) groups is 1. The lowest BCUT2D eigenvalue weighted by Crippen LogP contribution is -2.00. The zero-order valence-electron chi connectivity index (χ0n) is 10.6. The smallest absolute Gasteiger partial charge is 0.142 e. The molecule has 0 atom stereocenters. The van der Waals surface area contributed by atoms with Crippen LogP contribution in [0, 0.1) is 13.8 Å². The van der Waals surface area contributed by atoms with Gasteiger partial charge in [-0.25, -0.2) is 9.97 Å². The van der Waals surface area contributed by atoms with Crippen molar-refractivity contribution < 1.29 is 0 Å². The Hall–Kier alpha value is -0.810. The Balaban J connectivity index is 2.54. The molecule has 1 N–H and O–H groups in total. The molecule has 0 saturated carbocycles. The zero-order chi connectivity index (χ0) is 12.4. The van der Waals surface area contributed by atoms with E-state index in [0.717, 1.165) is 28.0 Å². The van der Waals surface area contributed by atoms with E-state index in [1.54, 1.807) is 11.3 Å². The SMILES string of the molecule is CCSCc1nc(NC)c2c(C)c(C)sc2n1. The van der Waals surface area contributed by atoms with Gasteiger partial charge in [0.25, 0.3) is 0 Å². The molecule has 5 heteroatoms. The van der Waals surface area contributed by atoms with Gasteiger partial charge in [0.1, 0.15) is 16.5 Å². The third-order valence-electron chi connectivity index (χ3n) is 2.75. The predicted octanol–water partition coefficient (Wildman–Crippen LogP) is 3.60. The maximum absolute atomic E-state index is 4.65. The normalized spacial score (nSPS) is 11.1. The van der Waals surface area contributed by atoms with Gasteiger partial charge in [-0.1, -0.05) is 6.92 Å². The van der Waals surface area contributed by atoms with E-state index in [-0.39, 0.29) is 0 Å². The zero-order valence-corrected chi connectivity index (χ0v) is 12.3. The summed E-state index contributed by atoms with van der Waals surface area (Å²) in [6, 6.07) is 0. The van der Waals surface area contributed by atoms with E-state index in [0.29, 0.717) is 0 Å². The third-order valence-corrected chi connectivity index (χ3v) is 4.72. The second-order valence-electron chi connectivity index (χ2n) is 3.84. The number of fused-ring (bicyclic) bond motifs is 1. The average Bonchev–Trinajstić information content (AvgIpc) is 2.61. The molecule has 2 aromatic rings. The molecule has 0 bridgehead atoms. The Morgan fingerprint density at radius 1 is 1.29 bits per heavy atom. The summed E-state index contributed by atoms with van der Waals surface area (Å²) >= 11 is 3.61. The van der Waals surface area contributed by atoms with Crippen molar-refractivity contribution >= 4 is 39.1 Å². The number of rotatable bonds is 4. The van der Waals surface area contributed by atoms with Crippen LogP contribution < -0.4 is 5.32 Å². The highest BCUT2D eigenvalue weighted by Gasteiger charge is 2.13. The minimum Gasteiger partial charge on any atom is -0.372 e. The van der Waals surface area contributed by atoms with Gasteiger partial charge in [-0.15, -0.1) is 11.3 Å². The summed E-state index contributed by atoms with van der Waals surface area (Å²) in [4.78, 5) is 11.7. The molecular weight excluding hydrogens is 250 g/mol. The van der Waals surface area contributed by atoms with Crippen molar-refractivity contribution in [1.29, 1.82) is 0 Å². The van der Waals surface area contributed by atoms with E-state index in [9.17, 15) is 0 Å². The van der Waals surface area contributed by atoms with Crippen molar-refractivity contribution in [2.45, 2.75) is 26.5 Å². The van der Waals surface area contributed by atoms with Crippen molar-refractivity contribution in [3.63, 3.8) is 0 Å². The van der Waals surface area contributed by atoms with Crippen LogP contribution in [0.25, 0.3) is 10.2 Å². The molecule has 0 aromatic carbocycles. The molecule has 2 rings (SSSR count). The van der Waals surface area contributed by atoms with E-state index in [2.05, 4.69) is 36.1 Å². The molecule has 3 nitrogen and oxygen atoms in total. The molecule has 0 aliphatic carbocycles. The summed E-state index contributed by atoms with van der Waals surface area (Å²) < 4.78 is 0. The fraction of sp³-hybridized carbons (Fsp3) is 0.500. The molecule has 2 aromatic heterocycles. The van der Waals surface area contributed by atoms with E-state index in [4.69, 9.17) is 0 Å². The first-order valence-corrected chi connectivity index (χ1v) is 7.66. The highest BCUT2D eigenvalue weighted by atomic mass is 32.2. The van der Waals surface area contributed by atoms with Gasteiger partial charge in [0, 0.05) is 11.9 Å². The second-order valence-corrected chi connectivity index (χ2v) is 6.32.